The summed E-state index contributed by atoms with van der Waals surface area (Å²) >= 11 is 0. The fourth-order valence-electron chi connectivity index (χ4n) is 3.62. The van der Waals surface area contributed by atoms with Crippen LogP contribution in [0.15, 0.2) is 0 Å². The Kier molecular flexibility index (Phi) is 10.4. The van der Waals surface area contributed by atoms with Crippen molar-refractivity contribution in [3.8, 4) is 0 Å². The van der Waals surface area contributed by atoms with E-state index in [2.05, 4.69) is 16.0 Å². The Hall–Kier alpha value is -1.06. The predicted molar refractivity (Wildman–Crippen MR) is 98.7 cm³/mol. The molecule has 2 fully saturated rings. The van der Waals surface area contributed by atoms with Gasteiger partial charge in [0.25, 0.3) is 0 Å². The summed E-state index contributed by atoms with van der Waals surface area (Å²) in [5, 5.41) is 7.83. The summed E-state index contributed by atoms with van der Waals surface area (Å²) in [5.41, 5.74) is 0. The molecule has 1 aliphatic carbocycles. The first-order chi connectivity index (χ1) is 12.4. The molecule has 1 atom stereocenters. The van der Waals surface area contributed by atoms with Gasteiger partial charge in [-0.15, -0.1) is 12.4 Å². The van der Waals surface area contributed by atoms with Crippen LogP contribution in [-0.2, 0) is 9.59 Å². The second-order valence-corrected chi connectivity index (χ2v) is 7.13. The lowest BCUT2D eigenvalue weighted by molar-refractivity contribution is -0.184. The van der Waals surface area contributed by atoms with Crippen LogP contribution in [0.25, 0.3) is 0 Å². The second kappa shape index (κ2) is 11.7. The van der Waals surface area contributed by atoms with Gasteiger partial charge in [0.1, 0.15) is 6.04 Å². The summed E-state index contributed by atoms with van der Waals surface area (Å²) in [7, 11) is 0. The second-order valence-electron chi connectivity index (χ2n) is 7.13. The maximum atomic E-state index is 13.2. The van der Waals surface area contributed by atoms with Crippen LogP contribution >= 0.6 is 12.4 Å². The molecule has 27 heavy (non-hydrogen) atoms. The van der Waals surface area contributed by atoms with Crippen LogP contribution in [0.2, 0.25) is 0 Å². The first-order valence-electron chi connectivity index (χ1n) is 9.41. The zero-order valence-corrected chi connectivity index (χ0v) is 16.3. The zero-order chi connectivity index (χ0) is 19.0. The minimum Gasteiger partial charge on any atom is -0.353 e. The molecule has 158 valence electrons. The summed E-state index contributed by atoms with van der Waals surface area (Å²) in [4.78, 5) is 25.0. The number of rotatable bonds is 7. The molecule has 1 unspecified atom stereocenters. The summed E-state index contributed by atoms with van der Waals surface area (Å²) in [6.45, 7) is 0.796. The zero-order valence-electron chi connectivity index (χ0n) is 15.4. The lowest BCUT2D eigenvalue weighted by Crippen LogP contribution is -2.58. The number of halogens is 4. The van der Waals surface area contributed by atoms with E-state index in [4.69, 9.17) is 0 Å². The molecule has 0 radical (unpaired) electrons. The Morgan fingerprint density at radius 1 is 1.04 bits per heavy atom. The third-order valence-corrected chi connectivity index (χ3v) is 5.11. The molecule has 0 spiro atoms. The van der Waals surface area contributed by atoms with E-state index in [-0.39, 0.29) is 37.9 Å². The standard InChI is InChI=1S/C17H29F3N4O2.ClH/c18-17(19,20)14(24-8-6-21-7-9-24)11-22-16(26)12-23-15(25)10-13-4-2-1-3-5-13;/h13-14,21H,1-12H2,(H,22,26)(H,23,25);1H. The molecular formula is C17H30ClF3N4O2. The fraction of sp³-hybridized carbons (Fsp3) is 0.882. The van der Waals surface area contributed by atoms with Gasteiger partial charge in [0, 0.05) is 39.1 Å². The Bertz CT molecular complexity index is 468. The molecule has 10 heteroatoms. The minimum atomic E-state index is -4.41. The summed E-state index contributed by atoms with van der Waals surface area (Å²) < 4.78 is 39.7. The summed E-state index contributed by atoms with van der Waals surface area (Å²) in [6, 6.07) is -1.70. The molecule has 1 heterocycles. The van der Waals surface area contributed by atoms with Gasteiger partial charge in [0.2, 0.25) is 11.8 Å². The Balaban J connectivity index is 0.00000364. The number of piperazine rings is 1. The molecule has 0 aromatic rings. The highest BCUT2D eigenvalue weighted by molar-refractivity contribution is 5.85. The van der Waals surface area contributed by atoms with Crippen LogP contribution in [0.5, 0.6) is 0 Å². The number of nitrogens with zero attached hydrogens (tertiary/aromatic N) is 1. The highest BCUT2D eigenvalue weighted by Crippen LogP contribution is 2.26. The van der Waals surface area contributed by atoms with Gasteiger partial charge in [-0.1, -0.05) is 19.3 Å². The van der Waals surface area contributed by atoms with Gasteiger partial charge in [-0.25, -0.2) is 0 Å². The van der Waals surface area contributed by atoms with Gasteiger partial charge >= 0.3 is 6.18 Å². The first kappa shape index (κ1) is 24.0. The molecule has 2 aliphatic rings. The molecule has 1 aliphatic heterocycles. The first-order valence-corrected chi connectivity index (χ1v) is 9.41. The third-order valence-electron chi connectivity index (χ3n) is 5.11. The quantitative estimate of drug-likeness (QED) is 0.589. The smallest absolute Gasteiger partial charge is 0.353 e. The number of carbonyl (C=O) groups is 2. The molecule has 0 aromatic carbocycles. The van der Waals surface area contributed by atoms with Crippen molar-refractivity contribution in [1.82, 2.24) is 20.9 Å². The van der Waals surface area contributed by atoms with Crippen molar-refractivity contribution in [1.29, 1.82) is 0 Å². The monoisotopic (exact) mass is 414 g/mol. The maximum Gasteiger partial charge on any atom is 0.405 e. The molecule has 6 nitrogen and oxygen atoms in total. The van der Waals surface area contributed by atoms with Crippen LogP contribution < -0.4 is 16.0 Å². The Morgan fingerprint density at radius 2 is 1.67 bits per heavy atom. The van der Waals surface area contributed by atoms with Crippen LogP contribution in [0.1, 0.15) is 38.5 Å². The van der Waals surface area contributed by atoms with Crippen molar-refractivity contribution in [2.75, 3.05) is 39.3 Å². The van der Waals surface area contributed by atoms with Gasteiger partial charge < -0.3 is 16.0 Å². The molecule has 0 bridgehead atoms. The average molecular weight is 415 g/mol. The highest BCUT2D eigenvalue weighted by atomic mass is 35.5. The highest BCUT2D eigenvalue weighted by Gasteiger charge is 2.43. The number of amides is 2. The van der Waals surface area contributed by atoms with Crippen molar-refractivity contribution in [3.05, 3.63) is 0 Å². The lowest BCUT2D eigenvalue weighted by atomic mass is 9.87. The molecule has 1 saturated heterocycles. The Labute approximate surface area is 164 Å². The van der Waals surface area contributed by atoms with Crippen LogP contribution in [0.4, 0.5) is 13.2 Å². The molecule has 2 amide bonds. The number of carbonyl (C=O) groups excluding carboxylic acids is 2. The molecule has 3 N–H and O–H groups in total. The van der Waals surface area contributed by atoms with Gasteiger partial charge in [0.15, 0.2) is 0 Å². The number of hydrogen-bond acceptors (Lipinski definition) is 4. The van der Waals surface area contributed by atoms with E-state index >= 15 is 0 Å². The third kappa shape index (κ3) is 8.66. The van der Waals surface area contributed by atoms with Gasteiger partial charge in [-0.05, 0) is 18.8 Å². The van der Waals surface area contributed by atoms with Gasteiger partial charge in [0.05, 0.1) is 6.54 Å². The minimum absolute atomic E-state index is 0. The van der Waals surface area contributed by atoms with Crippen molar-refractivity contribution >= 4 is 24.2 Å². The van der Waals surface area contributed by atoms with Crippen LogP contribution in [0.3, 0.4) is 0 Å². The molecular weight excluding hydrogens is 385 g/mol. The summed E-state index contributed by atoms with van der Waals surface area (Å²) in [5.74, 6) is -0.443. The van der Waals surface area contributed by atoms with E-state index in [1.807, 2.05) is 0 Å². The van der Waals surface area contributed by atoms with Crippen molar-refractivity contribution in [2.24, 2.45) is 5.92 Å². The molecule has 1 saturated carbocycles. The van der Waals surface area contributed by atoms with Crippen molar-refractivity contribution in [3.63, 3.8) is 0 Å². The molecule has 2 rings (SSSR count). The normalized spacial score (nSPS) is 20.4. The number of hydrogen-bond donors (Lipinski definition) is 3. The van der Waals surface area contributed by atoms with Gasteiger partial charge in [-0.2, -0.15) is 13.2 Å². The van der Waals surface area contributed by atoms with E-state index in [0.29, 0.717) is 25.4 Å². The van der Waals surface area contributed by atoms with E-state index < -0.39 is 24.7 Å². The van der Waals surface area contributed by atoms with Gasteiger partial charge in [-0.3, -0.25) is 14.5 Å². The average Bonchev–Trinajstić information content (AvgIpc) is 2.61. The van der Waals surface area contributed by atoms with E-state index in [1.54, 1.807) is 0 Å². The maximum absolute atomic E-state index is 13.2. The van der Waals surface area contributed by atoms with Crippen LogP contribution in [-0.4, -0.2) is 68.2 Å². The van der Waals surface area contributed by atoms with E-state index in [1.165, 1.54) is 11.3 Å². The largest absolute Gasteiger partial charge is 0.405 e. The summed E-state index contributed by atoms with van der Waals surface area (Å²) in [6.07, 6.45) is 1.49. The van der Waals surface area contributed by atoms with E-state index in [9.17, 15) is 22.8 Å². The van der Waals surface area contributed by atoms with Crippen molar-refractivity contribution < 1.29 is 22.8 Å². The Morgan fingerprint density at radius 3 is 2.26 bits per heavy atom. The number of alkyl halides is 3. The SMILES string of the molecule is Cl.O=C(CNC(=O)CC1CCCCC1)NCC(N1CCNCC1)C(F)(F)F. The topological polar surface area (TPSA) is 73.5 Å². The van der Waals surface area contributed by atoms with E-state index in [0.717, 1.165) is 25.7 Å². The molecule has 0 aromatic heterocycles. The van der Waals surface area contributed by atoms with Crippen LogP contribution in [0, 0.1) is 5.92 Å². The van der Waals surface area contributed by atoms with Crippen molar-refractivity contribution in [2.45, 2.75) is 50.7 Å². The number of nitrogens with one attached hydrogen (secondary N) is 3. The lowest BCUT2D eigenvalue weighted by Gasteiger charge is -2.35. The predicted octanol–water partition coefficient (Wildman–Crippen LogP) is 1.45. The fourth-order valence-corrected chi connectivity index (χ4v) is 3.62.